The second-order valence-electron chi connectivity index (χ2n) is 10.8. The molecule has 2 amide bonds. The van der Waals surface area contributed by atoms with Gasteiger partial charge in [0.2, 0.25) is 5.91 Å². The lowest BCUT2D eigenvalue weighted by Gasteiger charge is -2.40. The molecule has 3 aliphatic heterocycles. The van der Waals surface area contributed by atoms with Crippen molar-refractivity contribution in [1.29, 1.82) is 0 Å². The van der Waals surface area contributed by atoms with E-state index in [-0.39, 0.29) is 42.2 Å². The molecular formula is C30H40N2O5S. The number of fused-ring (bicyclic) bond motifs is 1. The van der Waals surface area contributed by atoms with Crippen molar-refractivity contribution in [3.63, 3.8) is 0 Å². The number of nitrogens with zero attached hydrogens (tertiary/aromatic N) is 2. The van der Waals surface area contributed by atoms with Gasteiger partial charge >= 0.3 is 5.97 Å². The zero-order chi connectivity index (χ0) is 27.6. The van der Waals surface area contributed by atoms with Gasteiger partial charge in [-0.15, -0.1) is 24.9 Å². The number of aryl methyl sites for hydroxylation is 2. The average Bonchev–Trinajstić information content (AvgIpc) is 3.48. The first-order valence-electron chi connectivity index (χ1n) is 13.6. The van der Waals surface area contributed by atoms with E-state index in [0.29, 0.717) is 32.4 Å². The minimum absolute atomic E-state index is 0.0196. The molecule has 7 nitrogen and oxygen atoms in total. The number of unbranched alkanes of at least 4 members (excludes halogenated alkanes) is 1. The molecule has 206 valence electrons. The summed E-state index contributed by atoms with van der Waals surface area (Å²) in [4.78, 5) is 45.5. The van der Waals surface area contributed by atoms with Gasteiger partial charge in [-0.1, -0.05) is 31.2 Å². The monoisotopic (exact) mass is 540 g/mol. The van der Waals surface area contributed by atoms with E-state index < -0.39 is 22.6 Å². The third-order valence-electron chi connectivity index (χ3n) is 8.36. The lowest BCUT2D eigenvalue weighted by atomic mass is 9.66. The highest BCUT2D eigenvalue weighted by molar-refractivity contribution is 8.02. The maximum Gasteiger partial charge on any atom is 0.310 e. The predicted octanol–water partition coefficient (Wildman–Crippen LogP) is 4.05. The molecule has 1 aromatic carbocycles. The molecule has 1 spiro atoms. The molecule has 3 fully saturated rings. The fraction of sp³-hybridized carbons (Fsp3) is 0.567. The highest BCUT2D eigenvalue weighted by atomic mass is 32.2. The van der Waals surface area contributed by atoms with E-state index in [9.17, 15) is 19.5 Å². The van der Waals surface area contributed by atoms with Gasteiger partial charge in [0.1, 0.15) is 6.04 Å². The lowest BCUT2D eigenvalue weighted by molar-refractivity contribution is -0.154. The number of hydrogen-bond donors (Lipinski definition) is 1. The minimum atomic E-state index is -0.713. The molecule has 0 radical (unpaired) electrons. The largest absolute Gasteiger partial charge is 0.465 e. The number of thioether (sulfide) groups is 1. The summed E-state index contributed by atoms with van der Waals surface area (Å²) >= 11 is 1.65. The first kappa shape index (κ1) is 28.4. The van der Waals surface area contributed by atoms with E-state index in [1.807, 2.05) is 32.0 Å². The lowest BCUT2D eigenvalue weighted by Crippen LogP contribution is -2.57. The number of amides is 2. The Morgan fingerprint density at radius 2 is 2.03 bits per heavy atom. The Balaban J connectivity index is 1.77. The molecule has 1 aromatic rings. The third kappa shape index (κ3) is 4.70. The molecule has 0 saturated carbocycles. The fourth-order valence-corrected chi connectivity index (χ4v) is 9.04. The van der Waals surface area contributed by atoms with Crippen molar-refractivity contribution < 1.29 is 24.2 Å². The van der Waals surface area contributed by atoms with Gasteiger partial charge in [0.25, 0.3) is 5.91 Å². The quantitative estimate of drug-likeness (QED) is 0.245. The van der Waals surface area contributed by atoms with Crippen molar-refractivity contribution in [2.45, 2.75) is 62.5 Å². The van der Waals surface area contributed by atoms with Crippen LogP contribution in [0.5, 0.6) is 0 Å². The number of rotatable bonds is 12. The zero-order valence-electron chi connectivity index (χ0n) is 22.7. The number of anilines is 1. The maximum absolute atomic E-state index is 14.6. The van der Waals surface area contributed by atoms with Crippen molar-refractivity contribution in [3.05, 3.63) is 54.6 Å². The van der Waals surface area contributed by atoms with E-state index in [1.165, 1.54) is 0 Å². The number of benzene rings is 1. The minimum Gasteiger partial charge on any atom is -0.465 e. The van der Waals surface area contributed by atoms with E-state index in [1.54, 1.807) is 33.7 Å². The molecule has 3 aliphatic rings. The van der Waals surface area contributed by atoms with E-state index in [4.69, 9.17) is 4.74 Å². The maximum atomic E-state index is 14.6. The predicted molar refractivity (Wildman–Crippen MR) is 151 cm³/mol. The van der Waals surface area contributed by atoms with Crippen LogP contribution in [0.3, 0.4) is 0 Å². The van der Waals surface area contributed by atoms with Crippen molar-refractivity contribution in [2.75, 3.05) is 31.2 Å². The van der Waals surface area contributed by atoms with Crippen LogP contribution in [0.25, 0.3) is 0 Å². The molecule has 3 saturated heterocycles. The van der Waals surface area contributed by atoms with Crippen molar-refractivity contribution in [1.82, 2.24) is 4.90 Å². The van der Waals surface area contributed by atoms with E-state index in [0.717, 1.165) is 23.2 Å². The van der Waals surface area contributed by atoms with Gasteiger partial charge in [-0.05, 0) is 62.6 Å². The number of likely N-dealkylation sites (tertiary alicyclic amines) is 1. The first-order valence-corrected chi connectivity index (χ1v) is 14.5. The molecule has 38 heavy (non-hydrogen) atoms. The Labute approximate surface area is 230 Å². The summed E-state index contributed by atoms with van der Waals surface area (Å²) in [6, 6.07) is 5.31. The second-order valence-corrected chi connectivity index (χ2v) is 12.3. The summed E-state index contributed by atoms with van der Waals surface area (Å²) < 4.78 is 4.87. The third-order valence-corrected chi connectivity index (χ3v) is 10.4. The van der Waals surface area contributed by atoms with Crippen LogP contribution in [-0.2, 0) is 19.1 Å². The zero-order valence-corrected chi connectivity index (χ0v) is 23.5. The molecule has 3 unspecified atom stereocenters. The Hall–Kier alpha value is -2.58. The topological polar surface area (TPSA) is 87.1 Å². The number of carbonyl (C=O) groups is 3. The molecule has 0 aromatic heterocycles. The summed E-state index contributed by atoms with van der Waals surface area (Å²) in [5, 5.41) is 9.35. The van der Waals surface area contributed by atoms with Gasteiger partial charge in [0.15, 0.2) is 0 Å². The average molecular weight is 541 g/mol. The molecule has 8 heteroatoms. The molecule has 6 atom stereocenters. The Bertz CT molecular complexity index is 1110. The van der Waals surface area contributed by atoms with Crippen LogP contribution < -0.4 is 4.90 Å². The van der Waals surface area contributed by atoms with Crippen LogP contribution in [0.2, 0.25) is 0 Å². The summed E-state index contributed by atoms with van der Waals surface area (Å²) in [5.74, 6) is -1.74. The fourth-order valence-electron chi connectivity index (χ4n) is 6.63. The normalized spacial score (nSPS) is 29.3. The van der Waals surface area contributed by atoms with E-state index in [2.05, 4.69) is 20.1 Å². The molecule has 3 heterocycles. The SMILES string of the molecule is C=CCCOC(=O)[C@@H]1[C@H]2C(=O)N(CCCCO)C(C(=O)N(CC=C)c3cc(C)ccc3C)C23S[C@@H]1CC3C. The molecular weight excluding hydrogens is 500 g/mol. The van der Waals surface area contributed by atoms with Crippen LogP contribution in [0.15, 0.2) is 43.5 Å². The van der Waals surface area contributed by atoms with Crippen LogP contribution >= 0.6 is 11.8 Å². The van der Waals surface area contributed by atoms with Crippen molar-refractivity contribution in [3.8, 4) is 0 Å². The molecule has 0 aliphatic carbocycles. The standard InChI is InChI=1S/C30H40N2O5S/c1-6-8-16-37-29(36)24-23-18-21(5)30(38-23)25(24)27(34)32(14-9-10-15-33)26(30)28(35)31(13-7-2)22-17-19(3)11-12-20(22)4/h6-7,11-12,17,21,23-26,33H,1-2,8-10,13-16,18H2,3-5H3/t21?,23-,24+,25+,26?,30?/m1/s1. The molecule has 1 N–H and O–H groups in total. The number of aliphatic hydroxyl groups is 1. The van der Waals surface area contributed by atoms with Gasteiger partial charge in [0, 0.05) is 30.6 Å². The summed E-state index contributed by atoms with van der Waals surface area (Å²) in [5.41, 5.74) is 2.82. The van der Waals surface area contributed by atoms with Crippen LogP contribution in [0.1, 0.15) is 43.7 Å². The Kier molecular flexibility index (Phi) is 8.72. The second kappa shape index (κ2) is 11.7. The number of hydrogen-bond acceptors (Lipinski definition) is 6. The Morgan fingerprint density at radius 3 is 2.71 bits per heavy atom. The summed E-state index contributed by atoms with van der Waals surface area (Å²) in [7, 11) is 0. The highest BCUT2D eigenvalue weighted by Gasteiger charge is 2.76. The van der Waals surface area contributed by atoms with E-state index >= 15 is 0 Å². The van der Waals surface area contributed by atoms with Gasteiger partial charge in [0.05, 0.1) is 23.2 Å². The van der Waals surface area contributed by atoms with Gasteiger partial charge in [-0.2, -0.15) is 0 Å². The van der Waals surface area contributed by atoms with Crippen LogP contribution in [0.4, 0.5) is 5.69 Å². The first-order chi connectivity index (χ1) is 18.2. The van der Waals surface area contributed by atoms with Gasteiger partial charge < -0.3 is 19.6 Å². The number of esters is 1. The van der Waals surface area contributed by atoms with Crippen LogP contribution in [0, 0.1) is 31.6 Å². The number of aliphatic hydroxyl groups excluding tert-OH is 1. The summed E-state index contributed by atoms with van der Waals surface area (Å²) in [6.07, 6.45) is 5.84. The van der Waals surface area contributed by atoms with Gasteiger partial charge in [-0.3, -0.25) is 14.4 Å². The smallest absolute Gasteiger partial charge is 0.310 e. The van der Waals surface area contributed by atoms with Crippen molar-refractivity contribution in [2.24, 2.45) is 17.8 Å². The summed E-state index contributed by atoms with van der Waals surface area (Å²) in [6.45, 7) is 14.6. The number of ether oxygens (including phenoxy) is 1. The van der Waals surface area contributed by atoms with Crippen LogP contribution in [-0.4, -0.2) is 70.1 Å². The highest BCUT2D eigenvalue weighted by Crippen LogP contribution is 2.68. The van der Waals surface area contributed by atoms with Crippen molar-refractivity contribution >= 4 is 35.2 Å². The number of carbonyl (C=O) groups excluding carboxylic acids is 3. The molecule has 2 bridgehead atoms. The molecule has 4 rings (SSSR count). The Morgan fingerprint density at radius 1 is 1.26 bits per heavy atom. The van der Waals surface area contributed by atoms with Gasteiger partial charge in [-0.25, -0.2) is 0 Å².